The molecule has 0 aliphatic carbocycles. The van der Waals surface area contributed by atoms with Crippen molar-refractivity contribution in [3.8, 4) is 0 Å². The molecule has 0 aromatic carbocycles. The van der Waals surface area contributed by atoms with E-state index in [9.17, 15) is 14.4 Å². The highest BCUT2D eigenvalue weighted by Crippen LogP contribution is 2.36. The van der Waals surface area contributed by atoms with E-state index in [1.807, 2.05) is 0 Å². The number of carbonyl (C=O) groups is 3. The molecule has 12 nitrogen and oxygen atoms in total. The summed E-state index contributed by atoms with van der Waals surface area (Å²) in [7, 11) is 0. The molecule has 13 heteroatoms. The largest absolute Gasteiger partial charge is 0.463 e. The van der Waals surface area contributed by atoms with Crippen LogP contribution in [0, 0.1) is 4.64 Å². The summed E-state index contributed by atoms with van der Waals surface area (Å²) in [5.41, 5.74) is 6.47. The number of imidazole rings is 1. The standard InChI is InChI=1S/C16H19N5O7S/c1-6(22)25-4-9-11(26-7(2)23)12(27-8(3)24)15(28-9)21-5-18-10-13(21)19-16(17)20-14(10)29/h5,9,11-12,15H,4H2,1-3H3,(H3,17,19,20,29)/t9-,11-,12-,15-/m1/s1. The zero-order valence-corrected chi connectivity index (χ0v) is 16.6. The van der Waals surface area contributed by atoms with Crippen LogP contribution in [0.1, 0.15) is 27.0 Å². The number of hydrogen-bond acceptors (Lipinski definition) is 11. The lowest BCUT2D eigenvalue weighted by Crippen LogP contribution is -2.40. The molecule has 0 spiro atoms. The molecule has 3 heterocycles. The zero-order valence-electron chi connectivity index (χ0n) is 15.8. The fourth-order valence-electron chi connectivity index (χ4n) is 3.06. The predicted molar refractivity (Wildman–Crippen MR) is 98.8 cm³/mol. The quantitative estimate of drug-likeness (QED) is 0.387. The van der Waals surface area contributed by atoms with Crippen LogP contribution >= 0.6 is 12.2 Å². The second-order valence-corrected chi connectivity index (χ2v) is 6.68. The van der Waals surface area contributed by atoms with Crippen molar-refractivity contribution >= 4 is 47.2 Å². The molecule has 1 fully saturated rings. The third-order valence-electron chi connectivity index (χ3n) is 4.08. The number of nitrogen functional groups attached to an aromatic ring is 1. The summed E-state index contributed by atoms with van der Waals surface area (Å²) in [6.07, 6.45) is -2.54. The van der Waals surface area contributed by atoms with Gasteiger partial charge < -0.3 is 29.7 Å². The first-order valence-corrected chi connectivity index (χ1v) is 8.93. The highest BCUT2D eigenvalue weighted by molar-refractivity contribution is 7.71. The Morgan fingerprint density at radius 3 is 2.48 bits per heavy atom. The Bertz CT molecular complexity index is 1020. The lowest BCUT2D eigenvalue weighted by atomic mass is 10.1. The molecule has 0 saturated carbocycles. The number of hydrogen-bond donors (Lipinski definition) is 2. The van der Waals surface area contributed by atoms with Crippen molar-refractivity contribution in [2.24, 2.45) is 0 Å². The van der Waals surface area contributed by atoms with Gasteiger partial charge in [-0.1, -0.05) is 12.2 Å². The van der Waals surface area contributed by atoms with Crippen molar-refractivity contribution in [3.63, 3.8) is 0 Å². The number of rotatable bonds is 5. The second kappa shape index (κ2) is 8.13. The van der Waals surface area contributed by atoms with Gasteiger partial charge in [0, 0.05) is 20.8 Å². The average molecular weight is 425 g/mol. The molecule has 1 saturated heterocycles. The van der Waals surface area contributed by atoms with Gasteiger partial charge in [0.25, 0.3) is 0 Å². The Morgan fingerprint density at radius 1 is 1.21 bits per heavy atom. The van der Waals surface area contributed by atoms with Crippen molar-refractivity contribution in [1.82, 2.24) is 19.5 Å². The molecule has 1 aliphatic rings. The van der Waals surface area contributed by atoms with Gasteiger partial charge in [-0.3, -0.25) is 19.0 Å². The number of H-pyrrole nitrogens is 1. The smallest absolute Gasteiger partial charge is 0.303 e. The maximum atomic E-state index is 11.7. The average Bonchev–Trinajstić information content (AvgIpc) is 3.15. The van der Waals surface area contributed by atoms with E-state index in [1.54, 1.807) is 0 Å². The molecule has 0 unspecified atom stereocenters. The number of nitrogens with one attached hydrogen (secondary N) is 1. The number of ether oxygens (including phenoxy) is 4. The van der Waals surface area contributed by atoms with Crippen LogP contribution in [-0.4, -0.2) is 62.3 Å². The molecule has 29 heavy (non-hydrogen) atoms. The SMILES string of the molecule is CC(=O)OC[C@H]1O[C@@H](n2cnc3c(=S)nc(N)[nH]c32)[C@H](OC(C)=O)[C@@H]1OC(C)=O. The van der Waals surface area contributed by atoms with Crippen LogP contribution in [0.25, 0.3) is 11.2 Å². The van der Waals surface area contributed by atoms with Crippen molar-refractivity contribution in [2.75, 3.05) is 12.3 Å². The summed E-state index contributed by atoms with van der Waals surface area (Å²) >= 11 is 5.16. The van der Waals surface area contributed by atoms with Gasteiger partial charge in [0.05, 0.1) is 6.33 Å². The summed E-state index contributed by atoms with van der Waals surface area (Å²) in [5.74, 6) is -1.72. The van der Waals surface area contributed by atoms with E-state index in [4.69, 9.17) is 36.9 Å². The molecule has 4 atom stereocenters. The summed E-state index contributed by atoms with van der Waals surface area (Å²) in [6.45, 7) is 3.43. The van der Waals surface area contributed by atoms with E-state index >= 15 is 0 Å². The van der Waals surface area contributed by atoms with Crippen LogP contribution in [0.4, 0.5) is 5.95 Å². The number of nitrogens with two attached hydrogens (primary N) is 1. The minimum atomic E-state index is -1.05. The van der Waals surface area contributed by atoms with Crippen LogP contribution in [0.15, 0.2) is 6.33 Å². The van der Waals surface area contributed by atoms with Gasteiger partial charge in [-0.05, 0) is 0 Å². The monoisotopic (exact) mass is 425 g/mol. The van der Waals surface area contributed by atoms with Crippen LogP contribution in [0.3, 0.4) is 0 Å². The van der Waals surface area contributed by atoms with Gasteiger partial charge in [-0.25, -0.2) is 9.97 Å². The lowest BCUT2D eigenvalue weighted by molar-refractivity contribution is -0.166. The number of aromatic amines is 1. The van der Waals surface area contributed by atoms with Crippen LogP contribution in [-0.2, 0) is 33.3 Å². The van der Waals surface area contributed by atoms with Gasteiger partial charge in [0.2, 0.25) is 0 Å². The maximum absolute atomic E-state index is 11.7. The topological polar surface area (TPSA) is 161 Å². The van der Waals surface area contributed by atoms with Gasteiger partial charge in [0.1, 0.15) is 23.9 Å². The zero-order chi connectivity index (χ0) is 21.3. The van der Waals surface area contributed by atoms with Crippen LogP contribution in [0.2, 0.25) is 0 Å². The molecular weight excluding hydrogens is 406 g/mol. The predicted octanol–water partition coefficient (Wildman–Crippen LogP) is 0.395. The molecular formula is C16H19N5O7S. The van der Waals surface area contributed by atoms with Crippen molar-refractivity contribution in [1.29, 1.82) is 0 Å². The molecule has 1 aliphatic heterocycles. The first kappa shape index (κ1) is 20.7. The third-order valence-corrected chi connectivity index (χ3v) is 4.36. The van der Waals surface area contributed by atoms with Crippen molar-refractivity contribution in [2.45, 2.75) is 45.3 Å². The lowest BCUT2D eigenvalue weighted by Gasteiger charge is -2.23. The van der Waals surface area contributed by atoms with Crippen molar-refractivity contribution < 1.29 is 33.3 Å². The molecule has 3 rings (SSSR count). The third kappa shape index (κ3) is 4.35. The number of anilines is 1. The maximum Gasteiger partial charge on any atom is 0.303 e. The molecule has 2 aromatic rings. The summed E-state index contributed by atoms with van der Waals surface area (Å²) < 4.78 is 23.3. The highest BCUT2D eigenvalue weighted by atomic mass is 32.1. The van der Waals surface area contributed by atoms with Crippen molar-refractivity contribution in [3.05, 3.63) is 11.0 Å². The summed E-state index contributed by atoms with van der Waals surface area (Å²) in [4.78, 5) is 45.5. The van der Waals surface area contributed by atoms with Gasteiger partial charge in [0.15, 0.2) is 29.0 Å². The number of nitrogens with zero attached hydrogens (tertiary/aromatic N) is 3. The fraction of sp³-hybridized carbons (Fsp3) is 0.500. The fourth-order valence-corrected chi connectivity index (χ4v) is 3.31. The summed E-state index contributed by atoms with van der Waals surface area (Å²) in [5, 5.41) is 0. The van der Waals surface area contributed by atoms with E-state index in [2.05, 4.69) is 15.0 Å². The molecule has 0 amide bonds. The van der Waals surface area contributed by atoms with E-state index < -0.39 is 42.4 Å². The van der Waals surface area contributed by atoms with E-state index in [0.717, 1.165) is 0 Å². The first-order chi connectivity index (χ1) is 13.7. The minimum Gasteiger partial charge on any atom is -0.463 e. The van der Waals surface area contributed by atoms with Crippen LogP contribution < -0.4 is 5.73 Å². The number of aromatic nitrogens is 4. The van der Waals surface area contributed by atoms with E-state index in [-0.39, 0.29) is 17.2 Å². The van der Waals surface area contributed by atoms with E-state index in [1.165, 1.54) is 31.7 Å². The number of carbonyl (C=O) groups excluding carboxylic acids is 3. The van der Waals surface area contributed by atoms with Gasteiger partial charge in [-0.2, -0.15) is 0 Å². The Morgan fingerprint density at radius 2 is 1.86 bits per heavy atom. The van der Waals surface area contributed by atoms with Gasteiger partial charge >= 0.3 is 17.9 Å². The van der Waals surface area contributed by atoms with E-state index in [0.29, 0.717) is 11.2 Å². The molecule has 156 valence electrons. The molecule has 2 aromatic heterocycles. The Hall–Kier alpha value is -3.06. The Kier molecular flexibility index (Phi) is 5.79. The number of esters is 3. The van der Waals surface area contributed by atoms with Gasteiger partial charge in [-0.15, -0.1) is 0 Å². The second-order valence-electron chi connectivity index (χ2n) is 6.29. The summed E-state index contributed by atoms with van der Waals surface area (Å²) in [6, 6.07) is 0. The minimum absolute atomic E-state index is 0.0549. The molecule has 0 bridgehead atoms. The normalized spacial score (nSPS) is 23.7. The first-order valence-electron chi connectivity index (χ1n) is 8.53. The number of fused-ring (bicyclic) bond motifs is 1. The van der Waals surface area contributed by atoms with Crippen LogP contribution in [0.5, 0.6) is 0 Å². The molecule has 3 N–H and O–H groups in total. The molecule has 0 radical (unpaired) electrons. The highest BCUT2D eigenvalue weighted by Gasteiger charge is 2.51. The Balaban J connectivity index is 2.05. The Labute approximate surface area is 169 Å².